The second-order valence-corrected chi connectivity index (χ2v) is 5.84. The first-order valence-electron chi connectivity index (χ1n) is 6.69. The van der Waals surface area contributed by atoms with E-state index in [1.807, 2.05) is 12.1 Å². The maximum atomic E-state index is 12.3. The van der Waals surface area contributed by atoms with E-state index in [0.29, 0.717) is 27.7 Å². The zero-order chi connectivity index (χ0) is 15.7. The van der Waals surface area contributed by atoms with Crippen LogP contribution in [0.15, 0.2) is 42.5 Å². The summed E-state index contributed by atoms with van der Waals surface area (Å²) in [5.74, 6) is -0.559. The van der Waals surface area contributed by atoms with Crippen molar-refractivity contribution in [3.63, 3.8) is 0 Å². The standard InChI is InChI=1S/C16H12Cl2N2O2/c17-10-5-6-13(12(18)8-10)19-16(22)14-7-9-3-1-2-4-11(9)15(21)20-14/h1-6,8,14H,7H2,(H,19,22)(H,20,21). The molecule has 1 aliphatic rings. The number of hydrogen-bond donors (Lipinski definition) is 2. The van der Waals surface area contributed by atoms with Gasteiger partial charge in [-0.25, -0.2) is 0 Å². The Balaban J connectivity index is 1.78. The van der Waals surface area contributed by atoms with Crippen LogP contribution in [0.5, 0.6) is 0 Å². The van der Waals surface area contributed by atoms with Crippen LogP contribution in [0.4, 0.5) is 5.69 Å². The largest absolute Gasteiger partial charge is 0.340 e. The number of amides is 2. The molecule has 0 bridgehead atoms. The molecule has 1 heterocycles. The summed E-state index contributed by atoms with van der Waals surface area (Å²) in [4.78, 5) is 24.4. The van der Waals surface area contributed by atoms with E-state index < -0.39 is 6.04 Å². The second kappa shape index (κ2) is 5.99. The number of anilines is 1. The van der Waals surface area contributed by atoms with Gasteiger partial charge >= 0.3 is 0 Å². The average Bonchev–Trinajstić information content (AvgIpc) is 2.50. The number of hydrogen-bond acceptors (Lipinski definition) is 2. The van der Waals surface area contributed by atoms with Crippen LogP contribution in [0.25, 0.3) is 0 Å². The highest BCUT2D eigenvalue weighted by atomic mass is 35.5. The Morgan fingerprint density at radius 3 is 2.73 bits per heavy atom. The Labute approximate surface area is 137 Å². The van der Waals surface area contributed by atoms with Crippen LogP contribution in [0.2, 0.25) is 10.0 Å². The molecule has 0 spiro atoms. The Kier molecular flexibility index (Phi) is 4.05. The van der Waals surface area contributed by atoms with Crippen molar-refractivity contribution in [1.82, 2.24) is 5.32 Å². The van der Waals surface area contributed by atoms with Gasteiger partial charge < -0.3 is 10.6 Å². The molecule has 0 aromatic heterocycles. The monoisotopic (exact) mass is 334 g/mol. The third-order valence-corrected chi connectivity index (χ3v) is 4.04. The third kappa shape index (κ3) is 2.93. The third-order valence-electron chi connectivity index (χ3n) is 3.50. The van der Waals surface area contributed by atoms with Crippen molar-refractivity contribution < 1.29 is 9.59 Å². The summed E-state index contributed by atoms with van der Waals surface area (Å²) in [7, 11) is 0. The topological polar surface area (TPSA) is 58.2 Å². The minimum atomic E-state index is -0.630. The number of fused-ring (bicyclic) bond motifs is 1. The van der Waals surface area contributed by atoms with Crippen molar-refractivity contribution in [3.8, 4) is 0 Å². The molecule has 2 amide bonds. The minimum Gasteiger partial charge on any atom is -0.340 e. The molecular weight excluding hydrogens is 323 g/mol. The van der Waals surface area contributed by atoms with E-state index >= 15 is 0 Å². The average molecular weight is 335 g/mol. The van der Waals surface area contributed by atoms with Crippen molar-refractivity contribution in [2.45, 2.75) is 12.5 Å². The molecule has 3 rings (SSSR count). The molecule has 0 aliphatic carbocycles. The molecule has 0 saturated carbocycles. The first-order chi connectivity index (χ1) is 10.5. The van der Waals surface area contributed by atoms with E-state index in [-0.39, 0.29) is 11.8 Å². The Hall–Kier alpha value is -2.04. The van der Waals surface area contributed by atoms with Crippen LogP contribution >= 0.6 is 23.2 Å². The van der Waals surface area contributed by atoms with Crippen molar-refractivity contribution in [1.29, 1.82) is 0 Å². The lowest BCUT2D eigenvalue weighted by Gasteiger charge is -2.25. The quantitative estimate of drug-likeness (QED) is 0.885. The van der Waals surface area contributed by atoms with Gasteiger partial charge in [0.15, 0.2) is 0 Å². The molecule has 4 nitrogen and oxygen atoms in total. The lowest BCUT2D eigenvalue weighted by Crippen LogP contribution is -2.48. The summed E-state index contributed by atoms with van der Waals surface area (Å²) in [6.07, 6.45) is 0.443. The smallest absolute Gasteiger partial charge is 0.252 e. The van der Waals surface area contributed by atoms with Crippen molar-refractivity contribution in [2.75, 3.05) is 5.32 Å². The Morgan fingerprint density at radius 1 is 1.18 bits per heavy atom. The molecule has 1 aliphatic heterocycles. The lowest BCUT2D eigenvalue weighted by molar-refractivity contribution is -0.118. The van der Waals surface area contributed by atoms with Gasteiger partial charge in [0.25, 0.3) is 5.91 Å². The SMILES string of the molecule is O=C1NC(C(=O)Nc2ccc(Cl)cc2Cl)Cc2ccccc21. The van der Waals surface area contributed by atoms with Crippen molar-refractivity contribution in [2.24, 2.45) is 0 Å². The van der Waals surface area contributed by atoms with Gasteiger partial charge in [0, 0.05) is 17.0 Å². The molecule has 112 valence electrons. The van der Waals surface area contributed by atoms with E-state index in [9.17, 15) is 9.59 Å². The molecule has 2 aromatic carbocycles. The van der Waals surface area contributed by atoms with Crippen LogP contribution in [0, 0.1) is 0 Å². The number of benzene rings is 2. The number of rotatable bonds is 2. The fourth-order valence-corrected chi connectivity index (χ4v) is 2.85. The fraction of sp³-hybridized carbons (Fsp3) is 0.125. The van der Waals surface area contributed by atoms with Crippen LogP contribution in [-0.4, -0.2) is 17.9 Å². The predicted molar refractivity (Wildman–Crippen MR) is 86.5 cm³/mol. The number of halogens is 2. The normalized spacial score (nSPS) is 16.6. The van der Waals surface area contributed by atoms with Gasteiger partial charge in [0.05, 0.1) is 10.7 Å². The summed E-state index contributed by atoms with van der Waals surface area (Å²) in [5.41, 5.74) is 1.92. The van der Waals surface area contributed by atoms with Gasteiger partial charge in [-0.05, 0) is 29.8 Å². The number of carbonyl (C=O) groups is 2. The minimum absolute atomic E-state index is 0.246. The summed E-state index contributed by atoms with van der Waals surface area (Å²) >= 11 is 11.9. The van der Waals surface area contributed by atoms with Crippen LogP contribution in [-0.2, 0) is 11.2 Å². The summed E-state index contributed by atoms with van der Waals surface area (Å²) in [5, 5.41) is 6.26. The first kappa shape index (κ1) is 14.9. The van der Waals surface area contributed by atoms with E-state index in [1.165, 1.54) is 0 Å². The van der Waals surface area contributed by atoms with Gasteiger partial charge in [0.1, 0.15) is 6.04 Å². The molecule has 22 heavy (non-hydrogen) atoms. The molecule has 0 saturated heterocycles. The van der Waals surface area contributed by atoms with E-state index in [0.717, 1.165) is 5.56 Å². The molecule has 0 radical (unpaired) electrons. The highest BCUT2D eigenvalue weighted by molar-refractivity contribution is 6.36. The van der Waals surface area contributed by atoms with Gasteiger partial charge in [-0.1, -0.05) is 41.4 Å². The maximum absolute atomic E-state index is 12.3. The summed E-state index contributed by atoms with van der Waals surface area (Å²) < 4.78 is 0. The fourth-order valence-electron chi connectivity index (χ4n) is 2.40. The van der Waals surface area contributed by atoms with E-state index in [2.05, 4.69) is 10.6 Å². The molecule has 0 fully saturated rings. The van der Waals surface area contributed by atoms with E-state index in [1.54, 1.807) is 30.3 Å². The van der Waals surface area contributed by atoms with Gasteiger partial charge in [-0.3, -0.25) is 9.59 Å². The zero-order valence-corrected chi connectivity index (χ0v) is 12.9. The zero-order valence-electron chi connectivity index (χ0n) is 11.4. The lowest BCUT2D eigenvalue weighted by atomic mass is 9.95. The molecule has 2 aromatic rings. The summed E-state index contributed by atoms with van der Waals surface area (Å²) in [6, 6.07) is 11.4. The highest BCUT2D eigenvalue weighted by Gasteiger charge is 2.28. The van der Waals surface area contributed by atoms with Gasteiger partial charge in [0.2, 0.25) is 5.91 Å². The molecular formula is C16H12Cl2N2O2. The maximum Gasteiger partial charge on any atom is 0.252 e. The molecule has 6 heteroatoms. The van der Waals surface area contributed by atoms with Gasteiger partial charge in [-0.15, -0.1) is 0 Å². The van der Waals surface area contributed by atoms with Crippen molar-refractivity contribution >= 4 is 40.7 Å². The number of nitrogens with one attached hydrogen (secondary N) is 2. The van der Waals surface area contributed by atoms with Crippen molar-refractivity contribution in [3.05, 3.63) is 63.6 Å². The summed E-state index contributed by atoms with van der Waals surface area (Å²) in [6.45, 7) is 0. The Bertz CT molecular complexity index is 762. The highest BCUT2D eigenvalue weighted by Crippen LogP contribution is 2.26. The van der Waals surface area contributed by atoms with Crippen LogP contribution < -0.4 is 10.6 Å². The molecule has 1 unspecified atom stereocenters. The van der Waals surface area contributed by atoms with E-state index in [4.69, 9.17) is 23.2 Å². The second-order valence-electron chi connectivity index (χ2n) is 5.00. The molecule has 1 atom stereocenters. The predicted octanol–water partition coefficient (Wildman–Crippen LogP) is 3.29. The molecule has 2 N–H and O–H groups in total. The van der Waals surface area contributed by atoms with Crippen LogP contribution in [0.3, 0.4) is 0 Å². The number of carbonyl (C=O) groups excluding carboxylic acids is 2. The van der Waals surface area contributed by atoms with Gasteiger partial charge in [-0.2, -0.15) is 0 Å². The first-order valence-corrected chi connectivity index (χ1v) is 7.45. The van der Waals surface area contributed by atoms with Crippen LogP contribution in [0.1, 0.15) is 15.9 Å². The Morgan fingerprint density at radius 2 is 1.95 bits per heavy atom.